The Morgan fingerprint density at radius 1 is 1.00 bits per heavy atom. The third-order valence-electron chi connectivity index (χ3n) is 5.08. The first-order valence-electron chi connectivity index (χ1n) is 9.58. The van der Waals surface area contributed by atoms with Gasteiger partial charge in [-0.15, -0.1) is 0 Å². The minimum absolute atomic E-state index is 0.227. The monoisotopic (exact) mass is 372 g/mol. The van der Waals surface area contributed by atoms with E-state index in [9.17, 15) is 4.79 Å². The number of ether oxygens (including phenoxy) is 1. The lowest BCUT2D eigenvalue weighted by Gasteiger charge is -2.14. The number of benzene rings is 3. The van der Waals surface area contributed by atoms with Crippen LogP contribution in [0.1, 0.15) is 23.5 Å². The standard InChI is InChI=1S/C24H24N2O2/c25-24(27)15-26-22-14-20(22)19-11-12-23(28-16-17-7-3-1-4-8-17)21(13-19)18-9-5-2-6-10-18/h1-13,20,22,26H,14-16H2,(H2,25,27)/t20-,22+/m0/s1. The Kier molecular flexibility index (Phi) is 5.40. The molecule has 1 aliphatic rings. The van der Waals surface area contributed by atoms with E-state index in [1.165, 1.54) is 5.56 Å². The Morgan fingerprint density at radius 3 is 2.43 bits per heavy atom. The molecular formula is C24H24N2O2. The van der Waals surface area contributed by atoms with Crippen LogP contribution in [0.3, 0.4) is 0 Å². The Balaban J connectivity index is 1.55. The number of hydrogen-bond acceptors (Lipinski definition) is 3. The van der Waals surface area contributed by atoms with E-state index >= 15 is 0 Å². The summed E-state index contributed by atoms with van der Waals surface area (Å²) in [6.45, 7) is 0.761. The molecular weight excluding hydrogens is 348 g/mol. The summed E-state index contributed by atoms with van der Waals surface area (Å²) in [7, 11) is 0. The zero-order chi connectivity index (χ0) is 19.3. The van der Waals surface area contributed by atoms with Crippen molar-refractivity contribution in [2.75, 3.05) is 6.54 Å². The van der Waals surface area contributed by atoms with Crippen molar-refractivity contribution in [3.8, 4) is 16.9 Å². The average molecular weight is 372 g/mol. The number of rotatable bonds is 8. The van der Waals surface area contributed by atoms with E-state index in [-0.39, 0.29) is 12.5 Å². The Hall–Kier alpha value is -3.11. The van der Waals surface area contributed by atoms with Gasteiger partial charge >= 0.3 is 0 Å². The molecule has 0 saturated heterocycles. The second kappa shape index (κ2) is 8.28. The van der Waals surface area contributed by atoms with Crippen molar-refractivity contribution >= 4 is 5.91 Å². The molecule has 1 fully saturated rings. The first kappa shape index (κ1) is 18.3. The van der Waals surface area contributed by atoms with Crippen LogP contribution < -0.4 is 15.8 Å². The van der Waals surface area contributed by atoms with Crippen molar-refractivity contribution in [2.45, 2.75) is 25.0 Å². The highest BCUT2D eigenvalue weighted by atomic mass is 16.5. The third kappa shape index (κ3) is 4.41. The van der Waals surface area contributed by atoms with Gasteiger partial charge in [-0.25, -0.2) is 0 Å². The summed E-state index contributed by atoms with van der Waals surface area (Å²) in [6, 6.07) is 27.2. The van der Waals surface area contributed by atoms with Crippen LogP contribution in [-0.2, 0) is 11.4 Å². The van der Waals surface area contributed by atoms with Crippen molar-refractivity contribution in [3.63, 3.8) is 0 Å². The molecule has 1 saturated carbocycles. The summed E-state index contributed by atoms with van der Waals surface area (Å²) in [4.78, 5) is 11.0. The second-order valence-electron chi connectivity index (χ2n) is 7.19. The summed E-state index contributed by atoms with van der Waals surface area (Å²) < 4.78 is 6.16. The summed E-state index contributed by atoms with van der Waals surface area (Å²) in [6.07, 6.45) is 1.02. The van der Waals surface area contributed by atoms with E-state index in [1.807, 2.05) is 36.4 Å². The smallest absolute Gasteiger partial charge is 0.231 e. The summed E-state index contributed by atoms with van der Waals surface area (Å²) >= 11 is 0. The third-order valence-corrected chi connectivity index (χ3v) is 5.08. The summed E-state index contributed by atoms with van der Waals surface area (Å²) in [5, 5.41) is 3.22. The molecule has 28 heavy (non-hydrogen) atoms. The van der Waals surface area contributed by atoms with Crippen LogP contribution in [0.4, 0.5) is 0 Å². The zero-order valence-corrected chi connectivity index (χ0v) is 15.7. The van der Waals surface area contributed by atoms with Crippen LogP contribution in [0, 0.1) is 0 Å². The highest BCUT2D eigenvalue weighted by Gasteiger charge is 2.38. The van der Waals surface area contributed by atoms with Gasteiger partial charge in [-0.1, -0.05) is 66.7 Å². The SMILES string of the molecule is NC(=O)CN[C@@H]1C[C@H]1c1ccc(OCc2ccccc2)c(-c2ccccc2)c1. The lowest BCUT2D eigenvalue weighted by molar-refractivity contribution is -0.117. The van der Waals surface area contributed by atoms with Gasteiger partial charge in [0.1, 0.15) is 12.4 Å². The van der Waals surface area contributed by atoms with Crippen LogP contribution >= 0.6 is 0 Å². The van der Waals surface area contributed by atoms with E-state index in [1.54, 1.807) is 0 Å². The molecule has 4 heteroatoms. The fourth-order valence-electron chi connectivity index (χ4n) is 3.50. The maximum Gasteiger partial charge on any atom is 0.231 e. The molecule has 0 aliphatic heterocycles. The number of carbonyl (C=O) groups is 1. The van der Waals surface area contributed by atoms with Gasteiger partial charge in [0.15, 0.2) is 0 Å². The molecule has 0 aromatic heterocycles. The Morgan fingerprint density at radius 2 is 1.71 bits per heavy atom. The molecule has 3 N–H and O–H groups in total. The molecule has 142 valence electrons. The van der Waals surface area contributed by atoms with Crippen molar-refractivity contribution in [2.24, 2.45) is 5.73 Å². The number of carbonyl (C=O) groups excluding carboxylic acids is 1. The van der Waals surface area contributed by atoms with Crippen LogP contribution in [0.5, 0.6) is 5.75 Å². The molecule has 0 spiro atoms. The normalized spacial score (nSPS) is 17.9. The number of primary amides is 1. The Bertz CT molecular complexity index is 941. The van der Waals surface area contributed by atoms with E-state index in [0.717, 1.165) is 28.9 Å². The highest BCUT2D eigenvalue weighted by molar-refractivity contribution is 5.76. The minimum atomic E-state index is -0.319. The Labute approximate surface area is 165 Å². The van der Waals surface area contributed by atoms with Crippen LogP contribution in [0.2, 0.25) is 0 Å². The molecule has 4 nitrogen and oxygen atoms in total. The largest absolute Gasteiger partial charge is 0.488 e. The maximum atomic E-state index is 11.0. The second-order valence-corrected chi connectivity index (χ2v) is 7.19. The van der Waals surface area contributed by atoms with Gasteiger partial charge in [0.2, 0.25) is 5.91 Å². The van der Waals surface area contributed by atoms with Gasteiger partial charge in [0.05, 0.1) is 6.54 Å². The predicted octanol–water partition coefficient (Wildman–Crippen LogP) is 3.86. The molecule has 0 bridgehead atoms. The zero-order valence-electron chi connectivity index (χ0n) is 15.7. The first-order valence-corrected chi connectivity index (χ1v) is 9.58. The van der Waals surface area contributed by atoms with E-state index in [0.29, 0.717) is 18.6 Å². The molecule has 0 unspecified atom stereocenters. The minimum Gasteiger partial charge on any atom is -0.488 e. The topological polar surface area (TPSA) is 64.4 Å². The van der Waals surface area contributed by atoms with Gasteiger partial charge in [0, 0.05) is 17.5 Å². The van der Waals surface area contributed by atoms with E-state index in [4.69, 9.17) is 10.5 Å². The quantitative estimate of drug-likeness (QED) is 0.631. The van der Waals surface area contributed by atoms with Crippen molar-refractivity contribution < 1.29 is 9.53 Å². The van der Waals surface area contributed by atoms with Gasteiger partial charge in [0.25, 0.3) is 0 Å². The fraction of sp³-hybridized carbons (Fsp3) is 0.208. The molecule has 3 aromatic carbocycles. The highest BCUT2D eigenvalue weighted by Crippen LogP contribution is 2.43. The molecule has 3 aromatic rings. The predicted molar refractivity (Wildman–Crippen MR) is 111 cm³/mol. The lowest BCUT2D eigenvalue weighted by atomic mass is 9.99. The molecule has 1 aliphatic carbocycles. The number of nitrogens with two attached hydrogens (primary N) is 1. The molecule has 2 atom stereocenters. The first-order chi connectivity index (χ1) is 13.7. The molecule has 4 rings (SSSR count). The van der Waals surface area contributed by atoms with Gasteiger partial charge in [-0.05, 0) is 35.2 Å². The van der Waals surface area contributed by atoms with Crippen LogP contribution in [-0.4, -0.2) is 18.5 Å². The number of hydrogen-bond donors (Lipinski definition) is 2. The van der Waals surface area contributed by atoms with Crippen LogP contribution in [0.25, 0.3) is 11.1 Å². The van der Waals surface area contributed by atoms with Crippen molar-refractivity contribution in [1.82, 2.24) is 5.32 Å². The van der Waals surface area contributed by atoms with Gasteiger partial charge < -0.3 is 15.8 Å². The molecule has 0 radical (unpaired) electrons. The van der Waals surface area contributed by atoms with Crippen molar-refractivity contribution in [1.29, 1.82) is 0 Å². The molecule has 1 amide bonds. The fourth-order valence-corrected chi connectivity index (χ4v) is 3.50. The van der Waals surface area contributed by atoms with Crippen molar-refractivity contribution in [3.05, 3.63) is 90.0 Å². The van der Waals surface area contributed by atoms with Crippen LogP contribution in [0.15, 0.2) is 78.9 Å². The van der Waals surface area contributed by atoms with E-state index in [2.05, 4.69) is 47.8 Å². The average Bonchev–Trinajstić information content (AvgIpc) is 3.52. The summed E-state index contributed by atoms with van der Waals surface area (Å²) in [5.41, 5.74) is 9.86. The number of nitrogens with one attached hydrogen (secondary N) is 1. The van der Waals surface area contributed by atoms with E-state index < -0.39 is 0 Å². The maximum absolute atomic E-state index is 11.0. The van der Waals surface area contributed by atoms with Gasteiger partial charge in [-0.2, -0.15) is 0 Å². The molecule has 0 heterocycles. The summed E-state index contributed by atoms with van der Waals surface area (Å²) in [5.74, 6) is 0.964. The van der Waals surface area contributed by atoms with Gasteiger partial charge in [-0.3, -0.25) is 4.79 Å². The lowest BCUT2D eigenvalue weighted by Crippen LogP contribution is -2.30. The number of amides is 1.